The number of rotatable bonds is 8. The SMILES string of the molecule is CCC(C(=O)NC)N(Cc1ccc(Cl)cc1)C(=O)COc1ccc(Cl)cc1Cl. The summed E-state index contributed by atoms with van der Waals surface area (Å²) in [6, 6.07) is 11.2. The molecule has 0 radical (unpaired) electrons. The summed E-state index contributed by atoms with van der Waals surface area (Å²) in [4.78, 5) is 26.7. The lowest BCUT2D eigenvalue weighted by Crippen LogP contribution is -2.49. The lowest BCUT2D eigenvalue weighted by Gasteiger charge is -2.30. The molecular weight excluding hydrogens is 423 g/mol. The van der Waals surface area contributed by atoms with Gasteiger partial charge in [0.25, 0.3) is 5.91 Å². The number of carbonyl (C=O) groups excluding carboxylic acids is 2. The van der Waals surface area contributed by atoms with Gasteiger partial charge in [0.05, 0.1) is 5.02 Å². The Balaban J connectivity index is 2.19. The quantitative estimate of drug-likeness (QED) is 0.650. The van der Waals surface area contributed by atoms with Crippen molar-refractivity contribution in [2.75, 3.05) is 13.7 Å². The second kappa shape index (κ2) is 10.6. The lowest BCUT2D eigenvalue weighted by atomic mass is 10.1. The highest BCUT2D eigenvalue weighted by molar-refractivity contribution is 6.35. The monoisotopic (exact) mass is 442 g/mol. The Bertz CT molecular complexity index is 828. The molecule has 2 amide bonds. The number of likely N-dealkylation sites (N-methyl/N-ethyl adjacent to an activating group) is 1. The Morgan fingerprint density at radius 3 is 2.29 bits per heavy atom. The molecule has 0 saturated heterocycles. The Morgan fingerprint density at radius 1 is 1.07 bits per heavy atom. The number of nitrogens with zero attached hydrogens (tertiary/aromatic N) is 1. The molecule has 0 heterocycles. The predicted octanol–water partition coefficient (Wildman–Crippen LogP) is 4.58. The molecule has 0 aliphatic rings. The first-order valence-electron chi connectivity index (χ1n) is 8.69. The van der Waals surface area contributed by atoms with E-state index in [0.29, 0.717) is 27.2 Å². The fourth-order valence-corrected chi connectivity index (χ4v) is 3.28. The number of hydrogen-bond donors (Lipinski definition) is 1. The molecule has 1 N–H and O–H groups in total. The highest BCUT2D eigenvalue weighted by Gasteiger charge is 2.28. The molecule has 28 heavy (non-hydrogen) atoms. The fraction of sp³-hybridized carbons (Fsp3) is 0.300. The molecule has 8 heteroatoms. The maximum absolute atomic E-state index is 12.9. The molecule has 150 valence electrons. The number of ether oxygens (including phenoxy) is 1. The van der Waals surface area contributed by atoms with Crippen LogP contribution in [0.3, 0.4) is 0 Å². The Hall–Kier alpha value is -1.95. The van der Waals surface area contributed by atoms with Gasteiger partial charge in [-0.15, -0.1) is 0 Å². The van der Waals surface area contributed by atoms with E-state index in [9.17, 15) is 9.59 Å². The molecule has 1 unspecified atom stereocenters. The smallest absolute Gasteiger partial charge is 0.261 e. The van der Waals surface area contributed by atoms with Gasteiger partial charge in [-0.05, 0) is 42.3 Å². The third-order valence-electron chi connectivity index (χ3n) is 4.14. The first kappa shape index (κ1) is 22.3. The number of halogens is 3. The molecule has 2 rings (SSSR count). The van der Waals surface area contributed by atoms with Gasteiger partial charge in [-0.3, -0.25) is 9.59 Å². The summed E-state index contributed by atoms with van der Waals surface area (Å²) < 4.78 is 5.56. The minimum Gasteiger partial charge on any atom is -0.482 e. The van der Waals surface area contributed by atoms with Crippen LogP contribution in [-0.2, 0) is 16.1 Å². The van der Waals surface area contributed by atoms with E-state index in [1.165, 1.54) is 11.0 Å². The molecule has 0 aliphatic heterocycles. The lowest BCUT2D eigenvalue weighted by molar-refractivity contribution is -0.142. The minimum atomic E-state index is -0.627. The summed E-state index contributed by atoms with van der Waals surface area (Å²) in [5.41, 5.74) is 0.852. The molecule has 2 aromatic carbocycles. The van der Waals surface area contributed by atoms with Crippen LogP contribution >= 0.6 is 34.8 Å². The summed E-state index contributed by atoms with van der Waals surface area (Å²) in [6.07, 6.45) is 0.459. The number of amides is 2. The zero-order valence-corrected chi connectivity index (χ0v) is 17.8. The average molecular weight is 444 g/mol. The summed E-state index contributed by atoms with van der Waals surface area (Å²) in [5, 5.41) is 3.98. The predicted molar refractivity (Wildman–Crippen MR) is 112 cm³/mol. The molecule has 0 bridgehead atoms. The molecule has 1 atom stereocenters. The van der Waals surface area contributed by atoms with E-state index >= 15 is 0 Å². The molecular formula is C20H21Cl3N2O3. The molecule has 0 fully saturated rings. The van der Waals surface area contributed by atoms with E-state index in [1.807, 2.05) is 19.1 Å². The molecule has 0 aromatic heterocycles. The van der Waals surface area contributed by atoms with Crippen molar-refractivity contribution in [3.05, 3.63) is 63.1 Å². The summed E-state index contributed by atoms with van der Waals surface area (Å²) in [7, 11) is 1.54. The molecule has 5 nitrogen and oxygen atoms in total. The van der Waals surface area contributed by atoms with Crippen molar-refractivity contribution in [1.29, 1.82) is 0 Å². The third-order valence-corrected chi connectivity index (χ3v) is 4.93. The molecule has 0 saturated carbocycles. The summed E-state index contributed by atoms with van der Waals surface area (Å²) >= 11 is 17.9. The average Bonchev–Trinajstić information content (AvgIpc) is 2.68. The first-order chi connectivity index (χ1) is 13.3. The Morgan fingerprint density at radius 2 is 1.71 bits per heavy atom. The van der Waals surface area contributed by atoms with E-state index in [1.54, 1.807) is 31.3 Å². The van der Waals surface area contributed by atoms with Gasteiger partial charge in [0.15, 0.2) is 6.61 Å². The van der Waals surface area contributed by atoms with E-state index in [-0.39, 0.29) is 25.0 Å². The maximum Gasteiger partial charge on any atom is 0.261 e. The van der Waals surface area contributed by atoms with Gasteiger partial charge in [0, 0.05) is 23.6 Å². The second-order valence-electron chi connectivity index (χ2n) is 6.05. The van der Waals surface area contributed by atoms with Gasteiger partial charge in [0.2, 0.25) is 5.91 Å². The van der Waals surface area contributed by atoms with Crippen LogP contribution in [0.15, 0.2) is 42.5 Å². The number of nitrogens with one attached hydrogen (secondary N) is 1. The van der Waals surface area contributed by atoms with Gasteiger partial charge in [-0.1, -0.05) is 53.9 Å². The van der Waals surface area contributed by atoms with Crippen LogP contribution in [-0.4, -0.2) is 36.4 Å². The summed E-state index contributed by atoms with van der Waals surface area (Å²) in [5.74, 6) is -0.232. The van der Waals surface area contributed by atoms with Gasteiger partial charge < -0.3 is 15.0 Å². The van der Waals surface area contributed by atoms with Crippen LogP contribution in [0.25, 0.3) is 0 Å². The Labute approximate surface area is 179 Å². The van der Waals surface area contributed by atoms with E-state index < -0.39 is 6.04 Å². The van der Waals surface area contributed by atoms with Gasteiger partial charge in [0.1, 0.15) is 11.8 Å². The van der Waals surface area contributed by atoms with Crippen LogP contribution in [0, 0.1) is 0 Å². The number of carbonyl (C=O) groups is 2. The second-order valence-corrected chi connectivity index (χ2v) is 7.33. The molecule has 0 aliphatic carbocycles. The maximum atomic E-state index is 12.9. The highest BCUT2D eigenvalue weighted by Crippen LogP contribution is 2.27. The highest BCUT2D eigenvalue weighted by atomic mass is 35.5. The topological polar surface area (TPSA) is 58.6 Å². The third kappa shape index (κ3) is 6.03. The van der Waals surface area contributed by atoms with Crippen molar-refractivity contribution < 1.29 is 14.3 Å². The standard InChI is InChI=1S/C20H21Cl3N2O3/c1-3-17(20(27)24-2)25(11-13-4-6-14(21)7-5-13)19(26)12-28-18-9-8-15(22)10-16(18)23/h4-10,17H,3,11-12H2,1-2H3,(H,24,27). The molecule has 2 aromatic rings. The van der Waals surface area contributed by atoms with Crippen molar-refractivity contribution in [3.63, 3.8) is 0 Å². The zero-order valence-electron chi connectivity index (χ0n) is 15.5. The normalized spacial score (nSPS) is 11.6. The number of hydrogen-bond acceptors (Lipinski definition) is 3. The Kier molecular flexibility index (Phi) is 8.42. The van der Waals surface area contributed by atoms with Crippen LogP contribution in [0.5, 0.6) is 5.75 Å². The number of benzene rings is 2. The van der Waals surface area contributed by atoms with E-state index in [2.05, 4.69) is 5.32 Å². The van der Waals surface area contributed by atoms with Crippen LogP contribution in [0.4, 0.5) is 0 Å². The van der Waals surface area contributed by atoms with Gasteiger partial charge >= 0.3 is 0 Å². The van der Waals surface area contributed by atoms with E-state index in [4.69, 9.17) is 39.5 Å². The molecule has 0 spiro atoms. The van der Waals surface area contributed by atoms with E-state index in [0.717, 1.165) is 5.56 Å². The van der Waals surface area contributed by atoms with Crippen molar-refractivity contribution in [2.45, 2.75) is 25.9 Å². The van der Waals surface area contributed by atoms with Crippen LogP contribution in [0.1, 0.15) is 18.9 Å². The zero-order chi connectivity index (χ0) is 20.7. The van der Waals surface area contributed by atoms with Gasteiger partial charge in [-0.25, -0.2) is 0 Å². The largest absolute Gasteiger partial charge is 0.482 e. The minimum absolute atomic E-state index is 0.241. The van der Waals surface area contributed by atoms with Gasteiger partial charge in [-0.2, -0.15) is 0 Å². The summed E-state index contributed by atoms with van der Waals surface area (Å²) in [6.45, 7) is 1.83. The van der Waals surface area contributed by atoms with Crippen molar-refractivity contribution in [3.8, 4) is 5.75 Å². The fourth-order valence-electron chi connectivity index (χ4n) is 2.69. The van der Waals surface area contributed by atoms with Crippen LogP contribution < -0.4 is 10.1 Å². The van der Waals surface area contributed by atoms with Crippen LogP contribution in [0.2, 0.25) is 15.1 Å². The van der Waals surface area contributed by atoms with Crippen molar-refractivity contribution in [1.82, 2.24) is 10.2 Å². The first-order valence-corrected chi connectivity index (χ1v) is 9.82. The van der Waals surface area contributed by atoms with Crippen molar-refractivity contribution in [2.24, 2.45) is 0 Å². The van der Waals surface area contributed by atoms with Crippen molar-refractivity contribution >= 4 is 46.6 Å².